The molecule has 0 saturated heterocycles. The number of halogens is 1. The monoisotopic (exact) mass is 326 g/mol. The highest BCUT2D eigenvalue weighted by Gasteiger charge is 2.13. The molecule has 3 rings (SSSR count). The van der Waals surface area contributed by atoms with Gasteiger partial charge in [0.25, 0.3) is 0 Å². The Labute approximate surface area is 138 Å². The molecule has 0 fully saturated rings. The number of benzene rings is 1. The molecule has 2 aromatic heterocycles. The van der Waals surface area contributed by atoms with Crippen LogP contribution in [0.15, 0.2) is 48.8 Å². The van der Waals surface area contributed by atoms with E-state index in [9.17, 15) is 4.79 Å². The molecule has 3 aromatic rings. The number of aromatic nitrogens is 4. The highest BCUT2D eigenvalue weighted by Crippen LogP contribution is 2.24. The molecule has 116 valence electrons. The van der Waals surface area contributed by atoms with Crippen molar-refractivity contribution in [3.63, 3.8) is 0 Å². The fourth-order valence-electron chi connectivity index (χ4n) is 2.24. The van der Waals surface area contributed by atoms with E-state index < -0.39 is 0 Å². The molecule has 0 bridgehead atoms. The molecule has 2 heterocycles. The van der Waals surface area contributed by atoms with Gasteiger partial charge in [0.15, 0.2) is 5.78 Å². The standard InChI is InChI=1S/C17H15ClN4O/c1-12-15(8-9-16(23)13-10-19-21(2)11-13)17(18)22(20-12)14-6-4-3-5-7-14/h3-11H,1-2H3/b9-8+. The number of hydrogen-bond acceptors (Lipinski definition) is 3. The maximum atomic E-state index is 12.1. The van der Waals surface area contributed by atoms with Crippen molar-refractivity contribution in [1.82, 2.24) is 19.6 Å². The van der Waals surface area contributed by atoms with Gasteiger partial charge in [0.05, 0.1) is 23.1 Å². The van der Waals surface area contributed by atoms with Crippen LogP contribution in [0.2, 0.25) is 5.15 Å². The number of carbonyl (C=O) groups is 1. The maximum absolute atomic E-state index is 12.1. The lowest BCUT2D eigenvalue weighted by Gasteiger charge is -2.01. The van der Waals surface area contributed by atoms with Crippen molar-refractivity contribution in [3.05, 3.63) is 70.8 Å². The fourth-order valence-corrected chi connectivity index (χ4v) is 2.58. The zero-order valence-corrected chi connectivity index (χ0v) is 13.5. The second-order valence-corrected chi connectivity index (χ2v) is 5.50. The van der Waals surface area contributed by atoms with Crippen molar-refractivity contribution in [3.8, 4) is 5.69 Å². The summed E-state index contributed by atoms with van der Waals surface area (Å²) in [5.41, 5.74) is 2.90. The van der Waals surface area contributed by atoms with Crippen LogP contribution in [0.5, 0.6) is 0 Å². The predicted octanol–water partition coefficient (Wildman–Crippen LogP) is 3.46. The third-order valence-electron chi connectivity index (χ3n) is 3.44. The zero-order valence-electron chi connectivity index (χ0n) is 12.8. The predicted molar refractivity (Wildman–Crippen MR) is 89.9 cm³/mol. The average Bonchev–Trinajstić information content (AvgIpc) is 3.10. The first kappa shape index (κ1) is 15.2. The molecule has 0 radical (unpaired) electrons. The highest BCUT2D eigenvalue weighted by atomic mass is 35.5. The summed E-state index contributed by atoms with van der Waals surface area (Å²) in [5, 5.41) is 8.91. The SMILES string of the molecule is Cc1nn(-c2ccccc2)c(Cl)c1/C=C/C(=O)c1cnn(C)c1. The van der Waals surface area contributed by atoms with Crippen LogP contribution in [-0.4, -0.2) is 25.3 Å². The van der Waals surface area contributed by atoms with Crippen LogP contribution in [-0.2, 0) is 7.05 Å². The van der Waals surface area contributed by atoms with E-state index in [-0.39, 0.29) is 5.78 Å². The van der Waals surface area contributed by atoms with Gasteiger partial charge >= 0.3 is 0 Å². The summed E-state index contributed by atoms with van der Waals surface area (Å²) in [6, 6.07) is 9.62. The molecule has 0 spiro atoms. The van der Waals surface area contributed by atoms with Crippen molar-refractivity contribution >= 4 is 23.5 Å². The molecule has 0 aliphatic rings. The lowest BCUT2D eigenvalue weighted by Crippen LogP contribution is -1.95. The molecular formula is C17H15ClN4O. The third-order valence-corrected chi connectivity index (χ3v) is 3.80. The van der Waals surface area contributed by atoms with E-state index in [4.69, 9.17) is 11.6 Å². The Morgan fingerprint density at radius 2 is 2.00 bits per heavy atom. The molecule has 0 atom stereocenters. The smallest absolute Gasteiger partial charge is 0.189 e. The van der Waals surface area contributed by atoms with Crippen LogP contribution < -0.4 is 0 Å². The van der Waals surface area contributed by atoms with Crippen LogP contribution in [0.3, 0.4) is 0 Å². The number of aryl methyl sites for hydroxylation is 2. The number of carbonyl (C=O) groups excluding carboxylic acids is 1. The van der Waals surface area contributed by atoms with Gasteiger partial charge in [-0.05, 0) is 31.2 Å². The van der Waals surface area contributed by atoms with Crippen molar-refractivity contribution in [2.75, 3.05) is 0 Å². The molecule has 0 aliphatic heterocycles. The zero-order chi connectivity index (χ0) is 16.4. The minimum absolute atomic E-state index is 0.124. The van der Waals surface area contributed by atoms with E-state index in [1.807, 2.05) is 37.3 Å². The van der Waals surface area contributed by atoms with Crippen LogP contribution in [0.4, 0.5) is 0 Å². The van der Waals surface area contributed by atoms with Gasteiger partial charge in [-0.25, -0.2) is 4.68 Å². The Morgan fingerprint density at radius 1 is 1.26 bits per heavy atom. The lowest BCUT2D eigenvalue weighted by molar-refractivity contribution is 0.104. The quantitative estimate of drug-likeness (QED) is 0.545. The molecule has 0 unspecified atom stereocenters. The lowest BCUT2D eigenvalue weighted by atomic mass is 10.2. The minimum Gasteiger partial charge on any atom is -0.289 e. The molecule has 0 amide bonds. The van der Waals surface area contributed by atoms with Crippen LogP contribution in [0, 0.1) is 6.92 Å². The molecule has 0 aliphatic carbocycles. The first-order chi connectivity index (χ1) is 11.1. The van der Waals surface area contributed by atoms with Gasteiger partial charge in [-0.2, -0.15) is 10.2 Å². The van der Waals surface area contributed by atoms with Gasteiger partial charge in [-0.1, -0.05) is 29.8 Å². The van der Waals surface area contributed by atoms with Crippen molar-refractivity contribution in [1.29, 1.82) is 0 Å². The molecule has 23 heavy (non-hydrogen) atoms. The summed E-state index contributed by atoms with van der Waals surface area (Å²) < 4.78 is 3.25. The van der Waals surface area contributed by atoms with Gasteiger partial charge in [0, 0.05) is 18.8 Å². The van der Waals surface area contributed by atoms with Crippen LogP contribution >= 0.6 is 11.6 Å². The Morgan fingerprint density at radius 3 is 2.65 bits per heavy atom. The minimum atomic E-state index is -0.124. The molecule has 0 saturated carbocycles. The van der Waals surface area contributed by atoms with E-state index in [1.54, 1.807) is 28.7 Å². The first-order valence-electron chi connectivity index (χ1n) is 7.08. The van der Waals surface area contributed by atoms with E-state index in [2.05, 4.69) is 10.2 Å². The number of para-hydroxylation sites is 1. The van der Waals surface area contributed by atoms with Crippen LogP contribution in [0.1, 0.15) is 21.6 Å². The molecule has 0 N–H and O–H groups in total. The van der Waals surface area contributed by atoms with Gasteiger partial charge in [0.2, 0.25) is 0 Å². The van der Waals surface area contributed by atoms with E-state index in [1.165, 1.54) is 12.3 Å². The van der Waals surface area contributed by atoms with E-state index in [0.29, 0.717) is 10.7 Å². The summed E-state index contributed by atoms with van der Waals surface area (Å²) in [4.78, 5) is 12.1. The Kier molecular flexibility index (Phi) is 4.12. The maximum Gasteiger partial charge on any atom is 0.189 e. The second-order valence-electron chi connectivity index (χ2n) is 5.14. The van der Waals surface area contributed by atoms with Gasteiger partial charge in [0.1, 0.15) is 5.15 Å². The number of nitrogens with zero attached hydrogens (tertiary/aromatic N) is 4. The summed E-state index contributed by atoms with van der Waals surface area (Å²) in [6.45, 7) is 1.86. The molecule has 6 heteroatoms. The number of allylic oxidation sites excluding steroid dienone is 1. The largest absolute Gasteiger partial charge is 0.289 e. The molecule has 1 aromatic carbocycles. The third kappa shape index (κ3) is 3.10. The number of rotatable bonds is 4. The van der Waals surface area contributed by atoms with Gasteiger partial charge < -0.3 is 0 Å². The van der Waals surface area contributed by atoms with Gasteiger partial charge in [-0.15, -0.1) is 0 Å². The van der Waals surface area contributed by atoms with E-state index in [0.717, 1.165) is 16.9 Å². The Balaban J connectivity index is 1.90. The van der Waals surface area contributed by atoms with Crippen molar-refractivity contribution in [2.24, 2.45) is 7.05 Å². The van der Waals surface area contributed by atoms with Crippen LogP contribution in [0.25, 0.3) is 11.8 Å². The second kappa shape index (κ2) is 6.22. The van der Waals surface area contributed by atoms with Crippen molar-refractivity contribution in [2.45, 2.75) is 6.92 Å². The number of ketones is 1. The first-order valence-corrected chi connectivity index (χ1v) is 7.45. The Bertz CT molecular complexity index is 877. The summed E-state index contributed by atoms with van der Waals surface area (Å²) in [5.74, 6) is -0.124. The molecular weight excluding hydrogens is 312 g/mol. The normalized spacial score (nSPS) is 11.3. The van der Waals surface area contributed by atoms with E-state index >= 15 is 0 Å². The highest BCUT2D eigenvalue weighted by molar-refractivity contribution is 6.31. The molecule has 5 nitrogen and oxygen atoms in total. The summed E-state index contributed by atoms with van der Waals surface area (Å²) >= 11 is 6.42. The van der Waals surface area contributed by atoms with Gasteiger partial charge in [-0.3, -0.25) is 9.48 Å². The van der Waals surface area contributed by atoms with Crippen molar-refractivity contribution < 1.29 is 4.79 Å². The summed E-state index contributed by atoms with van der Waals surface area (Å²) in [7, 11) is 1.77. The number of hydrogen-bond donors (Lipinski definition) is 0. The fraction of sp³-hybridized carbons (Fsp3) is 0.118. The Hall–Kier alpha value is -2.66. The topological polar surface area (TPSA) is 52.7 Å². The summed E-state index contributed by atoms with van der Waals surface area (Å²) in [6.07, 6.45) is 6.39. The average molecular weight is 327 g/mol.